The number of aryl methyl sites for hydroxylation is 2. The average Bonchev–Trinajstić information content (AvgIpc) is 2.56. The summed E-state index contributed by atoms with van der Waals surface area (Å²) in [6.45, 7) is 9.13. The van der Waals surface area contributed by atoms with Gasteiger partial charge >= 0.3 is 0 Å². The highest BCUT2D eigenvalue weighted by molar-refractivity contribution is 5.74. The van der Waals surface area contributed by atoms with E-state index in [-0.39, 0.29) is 0 Å². The molecule has 2 N–H and O–H groups in total. The van der Waals surface area contributed by atoms with Gasteiger partial charge in [0.15, 0.2) is 0 Å². The summed E-state index contributed by atoms with van der Waals surface area (Å²) in [5.41, 5.74) is 5.15. The third-order valence-corrected chi connectivity index (χ3v) is 2.19. The molecular formula is C11H18N2. The van der Waals surface area contributed by atoms with Gasteiger partial charge in [-0.1, -0.05) is 13.8 Å². The summed E-state index contributed by atoms with van der Waals surface area (Å²) in [6, 6.07) is 4.37. The molecule has 0 fully saturated rings. The van der Waals surface area contributed by atoms with E-state index in [1.165, 1.54) is 22.5 Å². The fraction of sp³-hybridized carbons (Fsp3) is 0.455. The fourth-order valence-corrected chi connectivity index (χ4v) is 1.34. The number of anilines is 2. The molecule has 1 aliphatic heterocycles. The summed E-state index contributed by atoms with van der Waals surface area (Å²) >= 11 is 0. The number of hydrogen-bond donors (Lipinski definition) is 2. The summed E-state index contributed by atoms with van der Waals surface area (Å²) in [5.74, 6) is 0. The number of nitrogens with one attached hydrogen (secondary N) is 2. The minimum atomic E-state index is 0.859. The van der Waals surface area contributed by atoms with Gasteiger partial charge < -0.3 is 10.6 Å². The van der Waals surface area contributed by atoms with Gasteiger partial charge in [0.25, 0.3) is 0 Å². The largest absolute Gasteiger partial charge is 0.366 e. The molecule has 0 aromatic heterocycles. The van der Waals surface area contributed by atoms with Crippen molar-refractivity contribution in [3.05, 3.63) is 23.3 Å². The summed E-state index contributed by atoms with van der Waals surface area (Å²) in [4.78, 5) is 0. The van der Waals surface area contributed by atoms with E-state index in [1.54, 1.807) is 0 Å². The van der Waals surface area contributed by atoms with Gasteiger partial charge in [-0.05, 0) is 37.1 Å². The first kappa shape index (κ1) is 9.90. The molecule has 0 unspecified atom stereocenters. The van der Waals surface area contributed by atoms with Gasteiger partial charge in [-0.3, -0.25) is 0 Å². The van der Waals surface area contributed by atoms with E-state index >= 15 is 0 Å². The van der Waals surface area contributed by atoms with Crippen LogP contribution in [0.1, 0.15) is 25.0 Å². The summed E-state index contributed by atoms with van der Waals surface area (Å²) in [6.07, 6.45) is 0. The summed E-state index contributed by atoms with van der Waals surface area (Å²) in [7, 11) is 0. The average molecular weight is 178 g/mol. The lowest BCUT2D eigenvalue weighted by Crippen LogP contribution is -1.98. The van der Waals surface area contributed by atoms with Crippen molar-refractivity contribution in [2.45, 2.75) is 27.7 Å². The molecule has 0 amide bonds. The van der Waals surface area contributed by atoms with Gasteiger partial charge in [-0.2, -0.15) is 0 Å². The van der Waals surface area contributed by atoms with E-state index in [2.05, 4.69) is 36.6 Å². The summed E-state index contributed by atoms with van der Waals surface area (Å²) in [5, 5.41) is 6.51. The van der Waals surface area contributed by atoms with Crippen LogP contribution in [0.15, 0.2) is 12.1 Å². The normalized spacial score (nSPS) is 12.0. The van der Waals surface area contributed by atoms with Crippen LogP contribution in [0, 0.1) is 13.8 Å². The second-order valence-corrected chi connectivity index (χ2v) is 3.01. The summed E-state index contributed by atoms with van der Waals surface area (Å²) < 4.78 is 0. The van der Waals surface area contributed by atoms with Crippen molar-refractivity contribution >= 4 is 11.4 Å². The Morgan fingerprint density at radius 1 is 0.923 bits per heavy atom. The Bertz CT molecular complexity index is 263. The van der Waals surface area contributed by atoms with Gasteiger partial charge in [0, 0.05) is 0 Å². The molecule has 0 saturated carbocycles. The lowest BCUT2D eigenvalue weighted by atomic mass is 10.1. The van der Waals surface area contributed by atoms with Crippen molar-refractivity contribution in [2.75, 3.05) is 17.3 Å². The van der Waals surface area contributed by atoms with Crippen LogP contribution < -0.4 is 10.6 Å². The Kier molecular flexibility index (Phi) is 3.18. The Morgan fingerprint density at radius 2 is 1.31 bits per heavy atom. The van der Waals surface area contributed by atoms with Gasteiger partial charge in [0.2, 0.25) is 0 Å². The van der Waals surface area contributed by atoms with E-state index in [9.17, 15) is 0 Å². The predicted octanol–water partition coefficient (Wildman–Crippen LogP) is 3.12. The zero-order valence-corrected chi connectivity index (χ0v) is 8.86. The van der Waals surface area contributed by atoms with E-state index < -0.39 is 0 Å². The molecule has 0 bridgehead atoms. The van der Waals surface area contributed by atoms with Crippen molar-refractivity contribution < 1.29 is 0 Å². The number of rotatable bonds is 0. The number of fused-ring (bicyclic) bond motifs is 1. The third kappa shape index (κ3) is 1.94. The van der Waals surface area contributed by atoms with Crippen LogP contribution in [-0.2, 0) is 0 Å². The molecule has 2 heteroatoms. The molecule has 72 valence electrons. The minimum Gasteiger partial charge on any atom is -0.366 e. The first-order valence-corrected chi connectivity index (χ1v) is 4.86. The van der Waals surface area contributed by atoms with Crippen LogP contribution in [0.5, 0.6) is 0 Å². The quantitative estimate of drug-likeness (QED) is 0.637. The Balaban J connectivity index is 0.000000396. The Labute approximate surface area is 80.4 Å². The van der Waals surface area contributed by atoms with Gasteiger partial charge in [-0.25, -0.2) is 0 Å². The second-order valence-electron chi connectivity index (χ2n) is 3.01. The van der Waals surface area contributed by atoms with Crippen molar-refractivity contribution in [3.63, 3.8) is 0 Å². The SMILES string of the molecule is CC.Cc1cc2c(cc1C)NCN2. The highest BCUT2D eigenvalue weighted by atomic mass is 15.1. The van der Waals surface area contributed by atoms with Gasteiger partial charge in [0.05, 0.1) is 18.0 Å². The molecule has 2 nitrogen and oxygen atoms in total. The fourth-order valence-electron chi connectivity index (χ4n) is 1.34. The number of benzene rings is 1. The zero-order valence-electron chi connectivity index (χ0n) is 8.86. The third-order valence-electron chi connectivity index (χ3n) is 2.19. The smallest absolute Gasteiger partial charge is 0.0850 e. The van der Waals surface area contributed by atoms with Crippen LogP contribution in [0.2, 0.25) is 0 Å². The van der Waals surface area contributed by atoms with Crippen molar-refractivity contribution in [1.29, 1.82) is 0 Å². The van der Waals surface area contributed by atoms with E-state index in [4.69, 9.17) is 0 Å². The van der Waals surface area contributed by atoms with Gasteiger partial charge in [0.1, 0.15) is 0 Å². The first-order chi connectivity index (χ1) is 6.27. The van der Waals surface area contributed by atoms with Crippen LogP contribution in [0.4, 0.5) is 11.4 Å². The lowest BCUT2D eigenvalue weighted by Gasteiger charge is -2.03. The van der Waals surface area contributed by atoms with Crippen molar-refractivity contribution in [1.82, 2.24) is 0 Å². The van der Waals surface area contributed by atoms with E-state index in [1.807, 2.05) is 13.8 Å². The van der Waals surface area contributed by atoms with Crippen molar-refractivity contribution in [2.24, 2.45) is 0 Å². The maximum absolute atomic E-state index is 3.26. The lowest BCUT2D eigenvalue weighted by molar-refractivity contribution is 1.31. The topological polar surface area (TPSA) is 24.1 Å². The van der Waals surface area contributed by atoms with Crippen LogP contribution in [0.3, 0.4) is 0 Å². The molecule has 1 heterocycles. The zero-order chi connectivity index (χ0) is 9.84. The van der Waals surface area contributed by atoms with E-state index in [0.29, 0.717) is 0 Å². The molecule has 0 saturated heterocycles. The molecule has 2 rings (SSSR count). The maximum Gasteiger partial charge on any atom is 0.0850 e. The Morgan fingerprint density at radius 3 is 1.69 bits per heavy atom. The number of hydrogen-bond acceptors (Lipinski definition) is 2. The van der Waals surface area contributed by atoms with Crippen molar-refractivity contribution in [3.8, 4) is 0 Å². The van der Waals surface area contributed by atoms with Crippen LogP contribution in [0.25, 0.3) is 0 Å². The molecule has 0 radical (unpaired) electrons. The van der Waals surface area contributed by atoms with Crippen LogP contribution in [-0.4, -0.2) is 6.67 Å². The van der Waals surface area contributed by atoms with Crippen LogP contribution >= 0.6 is 0 Å². The first-order valence-electron chi connectivity index (χ1n) is 4.86. The molecular weight excluding hydrogens is 160 g/mol. The minimum absolute atomic E-state index is 0.859. The monoisotopic (exact) mass is 178 g/mol. The molecule has 0 atom stereocenters. The molecule has 1 aliphatic rings. The highest BCUT2D eigenvalue weighted by Crippen LogP contribution is 2.28. The highest BCUT2D eigenvalue weighted by Gasteiger charge is 2.08. The predicted molar refractivity (Wildman–Crippen MR) is 59.4 cm³/mol. The molecule has 1 aromatic carbocycles. The Hall–Kier alpha value is -1.18. The molecule has 13 heavy (non-hydrogen) atoms. The van der Waals surface area contributed by atoms with Gasteiger partial charge in [-0.15, -0.1) is 0 Å². The molecule has 0 aliphatic carbocycles. The second kappa shape index (κ2) is 4.17. The standard InChI is InChI=1S/C9H12N2.C2H6/c1-6-3-8-9(4-7(6)2)11-5-10-8;1-2/h3-4,10-11H,5H2,1-2H3;1-2H3. The maximum atomic E-state index is 3.26. The molecule has 0 spiro atoms. The molecule has 1 aromatic rings. The van der Waals surface area contributed by atoms with E-state index in [0.717, 1.165) is 6.67 Å².